The van der Waals surface area contributed by atoms with E-state index in [2.05, 4.69) is 37.2 Å². The molecular weight excluding hydrogens is 344 g/mol. The van der Waals surface area contributed by atoms with Gasteiger partial charge in [0.25, 0.3) is 0 Å². The fraction of sp³-hybridized carbons (Fsp3) is 0.765. The predicted octanol–water partition coefficient (Wildman–Crippen LogP) is 4.60. The highest BCUT2D eigenvalue weighted by atomic mass is 79.9. The van der Waals surface area contributed by atoms with Crippen LogP contribution in [0.15, 0.2) is 15.9 Å². The molecule has 118 valence electrons. The van der Waals surface area contributed by atoms with Gasteiger partial charge in [0.05, 0.1) is 0 Å². The zero-order valence-electron chi connectivity index (χ0n) is 12.9. The van der Waals surface area contributed by atoms with E-state index in [-0.39, 0.29) is 0 Å². The Balaban J connectivity index is 1.41. The molecule has 0 atom stereocenters. The lowest BCUT2D eigenvalue weighted by Crippen LogP contribution is -2.38. The SMILES string of the molecule is Brc1ccsc1CN1CCC(CN2CCCCCC2)CC1. The number of rotatable bonds is 4. The summed E-state index contributed by atoms with van der Waals surface area (Å²) < 4.78 is 1.29. The van der Waals surface area contributed by atoms with Crippen LogP contribution >= 0.6 is 27.3 Å². The number of nitrogens with zero attached hydrogens (tertiary/aromatic N) is 2. The highest BCUT2D eigenvalue weighted by Crippen LogP contribution is 2.27. The summed E-state index contributed by atoms with van der Waals surface area (Å²) in [5, 5.41) is 2.19. The van der Waals surface area contributed by atoms with Crippen LogP contribution < -0.4 is 0 Å². The molecule has 2 nitrogen and oxygen atoms in total. The Morgan fingerprint density at radius 3 is 2.33 bits per heavy atom. The van der Waals surface area contributed by atoms with Crippen LogP contribution in [0.2, 0.25) is 0 Å². The van der Waals surface area contributed by atoms with E-state index in [0.717, 1.165) is 12.5 Å². The second kappa shape index (κ2) is 8.09. The standard InChI is InChI=1S/C17H27BrN2S/c18-16-7-12-21-17(16)14-20-10-5-15(6-11-20)13-19-8-3-1-2-4-9-19/h7,12,15H,1-6,8-11,13-14H2. The lowest BCUT2D eigenvalue weighted by Gasteiger charge is -2.34. The molecule has 2 saturated heterocycles. The molecule has 1 aromatic rings. The van der Waals surface area contributed by atoms with Gasteiger partial charge < -0.3 is 4.90 Å². The third kappa shape index (κ3) is 4.78. The first-order valence-electron chi connectivity index (χ1n) is 8.48. The molecule has 0 unspecified atom stereocenters. The minimum atomic E-state index is 0.936. The Labute approximate surface area is 141 Å². The Morgan fingerprint density at radius 2 is 1.71 bits per heavy atom. The number of likely N-dealkylation sites (tertiary alicyclic amines) is 2. The summed E-state index contributed by atoms with van der Waals surface area (Å²) in [4.78, 5) is 6.86. The van der Waals surface area contributed by atoms with E-state index in [1.807, 2.05) is 11.3 Å². The molecule has 0 amide bonds. The molecule has 0 radical (unpaired) electrons. The molecule has 2 aliphatic heterocycles. The van der Waals surface area contributed by atoms with Gasteiger partial charge in [0.2, 0.25) is 0 Å². The van der Waals surface area contributed by atoms with Crippen LogP contribution in [0.4, 0.5) is 0 Å². The van der Waals surface area contributed by atoms with Gasteiger partial charge in [0.1, 0.15) is 0 Å². The number of hydrogen-bond donors (Lipinski definition) is 0. The van der Waals surface area contributed by atoms with Crippen LogP contribution in [0.5, 0.6) is 0 Å². The molecule has 3 heterocycles. The first-order chi connectivity index (χ1) is 10.3. The van der Waals surface area contributed by atoms with E-state index in [1.54, 1.807) is 0 Å². The van der Waals surface area contributed by atoms with E-state index in [1.165, 1.54) is 80.6 Å². The Bertz CT molecular complexity index is 418. The van der Waals surface area contributed by atoms with Crippen molar-refractivity contribution < 1.29 is 0 Å². The maximum Gasteiger partial charge on any atom is 0.0339 e. The summed E-state index contributed by atoms with van der Waals surface area (Å²) in [5.41, 5.74) is 0. The molecule has 0 N–H and O–H groups in total. The van der Waals surface area contributed by atoms with Crippen LogP contribution in [0.1, 0.15) is 43.4 Å². The Kier molecular flexibility index (Phi) is 6.16. The number of thiophene rings is 1. The second-order valence-electron chi connectivity index (χ2n) is 6.63. The summed E-state index contributed by atoms with van der Waals surface area (Å²) in [6.45, 7) is 7.75. The zero-order chi connectivity index (χ0) is 14.5. The van der Waals surface area contributed by atoms with Gasteiger partial charge in [-0.25, -0.2) is 0 Å². The molecule has 1 aromatic heterocycles. The Hall–Kier alpha value is 0.1000. The van der Waals surface area contributed by atoms with Crippen molar-refractivity contribution in [2.24, 2.45) is 5.92 Å². The van der Waals surface area contributed by atoms with Crippen molar-refractivity contribution in [3.8, 4) is 0 Å². The smallest absolute Gasteiger partial charge is 0.0339 e. The maximum absolute atomic E-state index is 3.66. The minimum Gasteiger partial charge on any atom is -0.303 e. The van der Waals surface area contributed by atoms with E-state index >= 15 is 0 Å². The number of hydrogen-bond acceptors (Lipinski definition) is 3. The first kappa shape index (κ1) is 16.0. The highest BCUT2D eigenvalue weighted by Gasteiger charge is 2.22. The number of piperidine rings is 1. The van der Waals surface area contributed by atoms with Crippen molar-refractivity contribution in [3.05, 3.63) is 20.8 Å². The predicted molar refractivity (Wildman–Crippen MR) is 94.9 cm³/mol. The van der Waals surface area contributed by atoms with E-state index in [9.17, 15) is 0 Å². The second-order valence-corrected chi connectivity index (χ2v) is 8.48. The third-order valence-electron chi connectivity index (χ3n) is 4.98. The normalized spacial score (nSPS) is 23.3. The zero-order valence-corrected chi connectivity index (χ0v) is 15.3. The van der Waals surface area contributed by atoms with Crippen LogP contribution in [0, 0.1) is 5.92 Å². The van der Waals surface area contributed by atoms with Gasteiger partial charge >= 0.3 is 0 Å². The maximum atomic E-state index is 3.66. The fourth-order valence-corrected chi connectivity index (χ4v) is 5.17. The summed E-state index contributed by atoms with van der Waals surface area (Å²) in [6, 6.07) is 2.17. The monoisotopic (exact) mass is 370 g/mol. The largest absolute Gasteiger partial charge is 0.303 e. The molecule has 0 saturated carbocycles. The van der Waals surface area contributed by atoms with Crippen molar-refractivity contribution in [3.63, 3.8) is 0 Å². The van der Waals surface area contributed by atoms with Crippen LogP contribution in [0.25, 0.3) is 0 Å². The van der Waals surface area contributed by atoms with Gasteiger partial charge in [-0.2, -0.15) is 0 Å². The van der Waals surface area contributed by atoms with Crippen LogP contribution in [-0.2, 0) is 6.54 Å². The minimum absolute atomic E-state index is 0.936. The molecular formula is C17H27BrN2S. The average Bonchev–Trinajstić information content (AvgIpc) is 2.75. The lowest BCUT2D eigenvalue weighted by atomic mass is 9.96. The van der Waals surface area contributed by atoms with Crippen LogP contribution in [-0.4, -0.2) is 42.5 Å². The highest BCUT2D eigenvalue weighted by molar-refractivity contribution is 9.10. The average molecular weight is 371 g/mol. The van der Waals surface area contributed by atoms with Gasteiger partial charge in [-0.3, -0.25) is 4.90 Å². The van der Waals surface area contributed by atoms with Crippen molar-refractivity contribution in [1.82, 2.24) is 9.80 Å². The summed E-state index contributed by atoms with van der Waals surface area (Å²) in [5.74, 6) is 0.936. The molecule has 3 rings (SSSR count). The van der Waals surface area contributed by atoms with Crippen molar-refractivity contribution in [1.29, 1.82) is 0 Å². The van der Waals surface area contributed by atoms with Gasteiger partial charge in [0, 0.05) is 22.4 Å². The molecule has 0 aliphatic carbocycles. The van der Waals surface area contributed by atoms with Crippen molar-refractivity contribution >= 4 is 27.3 Å². The number of halogens is 1. The van der Waals surface area contributed by atoms with Gasteiger partial charge in [0.15, 0.2) is 0 Å². The van der Waals surface area contributed by atoms with E-state index in [0.29, 0.717) is 0 Å². The molecule has 0 aromatic carbocycles. The molecule has 4 heteroatoms. The van der Waals surface area contributed by atoms with Crippen molar-refractivity contribution in [2.75, 3.05) is 32.7 Å². The fourth-order valence-electron chi connectivity index (χ4n) is 3.65. The van der Waals surface area contributed by atoms with Gasteiger partial charge in [-0.05, 0) is 85.2 Å². The molecule has 2 fully saturated rings. The van der Waals surface area contributed by atoms with Gasteiger partial charge in [-0.1, -0.05) is 12.8 Å². The molecule has 0 spiro atoms. The molecule has 0 bridgehead atoms. The molecule has 2 aliphatic rings. The Morgan fingerprint density at radius 1 is 1.00 bits per heavy atom. The summed E-state index contributed by atoms with van der Waals surface area (Å²) in [7, 11) is 0. The summed E-state index contributed by atoms with van der Waals surface area (Å²) >= 11 is 5.53. The van der Waals surface area contributed by atoms with Crippen LogP contribution in [0.3, 0.4) is 0 Å². The lowest BCUT2D eigenvalue weighted by molar-refractivity contribution is 0.141. The van der Waals surface area contributed by atoms with E-state index in [4.69, 9.17) is 0 Å². The first-order valence-corrected chi connectivity index (χ1v) is 10.1. The third-order valence-corrected chi connectivity index (χ3v) is 6.89. The topological polar surface area (TPSA) is 6.48 Å². The molecule has 21 heavy (non-hydrogen) atoms. The van der Waals surface area contributed by atoms with Gasteiger partial charge in [-0.15, -0.1) is 11.3 Å². The van der Waals surface area contributed by atoms with Crippen molar-refractivity contribution in [2.45, 2.75) is 45.1 Å². The summed E-state index contributed by atoms with van der Waals surface area (Å²) in [6.07, 6.45) is 8.52. The van der Waals surface area contributed by atoms with E-state index < -0.39 is 0 Å². The quantitative estimate of drug-likeness (QED) is 0.763.